The zero-order valence-electron chi connectivity index (χ0n) is 7.06. The molecule has 0 aromatic carbocycles. The molecule has 5 heteroatoms. The monoisotopic (exact) mass is 201 g/mol. The number of alkyl halides is 3. The molecule has 1 heterocycles. The number of ketones is 1. The highest BCUT2D eigenvalue weighted by Gasteiger charge is 2.34. The first-order chi connectivity index (χ1) is 6.48. The molecule has 1 aliphatic rings. The molecule has 0 fully saturated rings. The molecule has 0 spiro atoms. The van der Waals surface area contributed by atoms with Gasteiger partial charge >= 0.3 is 6.18 Å². The van der Waals surface area contributed by atoms with Crippen molar-refractivity contribution in [3.8, 4) is 0 Å². The second-order valence-electron chi connectivity index (χ2n) is 3.15. The number of hydrogen-bond acceptors (Lipinski definition) is 2. The van der Waals surface area contributed by atoms with Gasteiger partial charge in [0.05, 0.1) is 0 Å². The zero-order valence-corrected chi connectivity index (χ0v) is 7.06. The van der Waals surface area contributed by atoms with Crippen LogP contribution in [0.3, 0.4) is 0 Å². The maximum atomic E-state index is 12.2. The van der Waals surface area contributed by atoms with E-state index in [1.807, 2.05) is 0 Å². The zero-order chi connectivity index (χ0) is 10.3. The minimum absolute atomic E-state index is 0.173. The van der Waals surface area contributed by atoms with Gasteiger partial charge in [-0.2, -0.15) is 13.2 Å². The Balaban J connectivity index is 2.50. The molecule has 0 radical (unpaired) electrons. The number of aromatic nitrogens is 1. The number of pyridine rings is 1. The molecule has 2 rings (SSSR count). The molecule has 2 nitrogen and oxygen atoms in total. The molecule has 1 aromatic rings. The lowest BCUT2D eigenvalue weighted by Crippen LogP contribution is -2.09. The smallest absolute Gasteiger partial charge is 0.294 e. The second kappa shape index (κ2) is 2.80. The molecule has 0 unspecified atom stereocenters. The van der Waals surface area contributed by atoms with Crippen molar-refractivity contribution in [1.82, 2.24) is 4.98 Å². The Kier molecular flexibility index (Phi) is 1.83. The second-order valence-corrected chi connectivity index (χ2v) is 3.15. The minimum Gasteiger partial charge on any atom is -0.294 e. The SMILES string of the molecule is O=C1CCc2cnc(C(F)(F)F)cc21. The van der Waals surface area contributed by atoms with Gasteiger partial charge in [-0.05, 0) is 18.1 Å². The highest BCUT2D eigenvalue weighted by molar-refractivity contribution is 6.00. The number of aryl methyl sites for hydroxylation is 1. The summed E-state index contributed by atoms with van der Waals surface area (Å²) in [6, 6.07) is 0.838. The molecule has 0 saturated carbocycles. The van der Waals surface area contributed by atoms with E-state index in [1.165, 1.54) is 0 Å². The van der Waals surface area contributed by atoms with Crippen LogP contribution in [0.15, 0.2) is 12.3 Å². The summed E-state index contributed by atoms with van der Waals surface area (Å²) in [6.07, 6.45) is -2.54. The molecular weight excluding hydrogens is 195 g/mol. The number of nitrogens with zero attached hydrogens (tertiary/aromatic N) is 1. The number of rotatable bonds is 0. The lowest BCUT2D eigenvalue weighted by Gasteiger charge is -2.06. The Bertz CT molecular complexity index is 398. The molecule has 0 bridgehead atoms. The summed E-state index contributed by atoms with van der Waals surface area (Å²) in [6.45, 7) is 0. The number of Topliss-reactive ketones (excluding diaryl/α,β-unsaturated/α-hetero) is 1. The standard InChI is InChI=1S/C9H6F3NO/c10-9(11,12)8-3-6-5(4-13-8)1-2-7(6)14/h3-4H,1-2H2. The number of carbonyl (C=O) groups excluding carboxylic acids is 1. The van der Waals surface area contributed by atoms with E-state index in [9.17, 15) is 18.0 Å². The van der Waals surface area contributed by atoms with Crippen molar-refractivity contribution in [1.29, 1.82) is 0 Å². The van der Waals surface area contributed by atoms with E-state index in [2.05, 4.69) is 4.98 Å². The molecule has 74 valence electrons. The first-order valence-corrected chi connectivity index (χ1v) is 4.08. The van der Waals surface area contributed by atoms with E-state index in [0.29, 0.717) is 18.4 Å². The van der Waals surface area contributed by atoms with E-state index < -0.39 is 11.9 Å². The Morgan fingerprint density at radius 2 is 2.00 bits per heavy atom. The highest BCUT2D eigenvalue weighted by atomic mass is 19.4. The van der Waals surface area contributed by atoms with Gasteiger partial charge in [0.1, 0.15) is 5.69 Å². The molecule has 0 N–H and O–H groups in total. The Hall–Kier alpha value is -1.39. The van der Waals surface area contributed by atoms with E-state index in [0.717, 1.165) is 12.3 Å². The van der Waals surface area contributed by atoms with Crippen LogP contribution in [0.25, 0.3) is 0 Å². The molecule has 0 atom stereocenters. The average Bonchev–Trinajstić information content (AvgIpc) is 2.46. The highest BCUT2D eigenvalue weighted by Crippen LogP contribution is 2.30. The lowest BCUT2D eigenvalue weighted by molar-refractivity contribution is -0.141. The van der Waals surface area contributed by atoms with Crippen LogP contribution >= 0.6 is 0 Å². The van der Waals surface area contributed by atoms with Crippen molar-refractivity contribution in [2.45, 2.75) is 19.0 Å². The van der Waals surface area contributed by atoms with Crippen molar-refractivity contribution in [3.63, 3.8) is 0 Å². The lowest BCUT2D eigenvalue weighted by atomic mass is 10.1. The molecule has 0 amide bonds. The van der Waals surface area contributed by atoms with Gasteiger partial charge in [0.25, 0.3) is 0 Å². The van der Waals surface area contributed by atoms with Gasteiger partial charge in [0.15, 0.2) is 5.78 Å². The topological polar surface area (TPSA) is 30.0 Å². The first kappa shape index (κ1) is 9.18. The van der Waals surface area contributed by atoms with Gasteiger partial charge < -0.3 is 0 Å². The third-order valence-electron chi connectivity index (χ3n) is 2.20. The van der Waals surface area contributed by atoms with Crippen LogP contribution < -0.4 is 0 Å². The summed E-state index contributed by atoms with van der Waals surface area (Å²) >= 11 is 0. The molecule has 1 aliphatic carbocycles. The third-order valence-corrected chi connectivity index (χ3v) is 2.20. The number of fused-ring (bicyclic) bond motifs is 1. The summed E-state index contributed by atoms with van der Waals surface area (Å²) in [7, 11) is 0. The van der Waals surface area contributed by atoms with E-state index in [-0.39, 0.29) is 11.3 Å². The quantitative estimate of drug-likeness (QED) is 0.644. The first-order valence-electron chi connectivity index (χ1n) is 4.08. The van der Waals surface area contributed by atoms with Crippen molar-refractivity contribution in [3.05, 3.63) is 29.1 Å². The molecule has 14 heavy (non-hydrogen) atoms. The fourth-order valence-electron chi connectivity index (χ4n) is 1.48. The fraction of sp³-hybridized carbons (Fsp3) is 0.333. The van der Waals surface area contributed by atoms with Crippen LogP contribution in [0.5, 0.6) is 0 Å². The normalized spacial score (nSPS) is 15.8. The summed E-state index contributed by atoms with van der Waals surface area (Å²) in [5.41, 5.74) is -0.207. The van der Waals surface area contributed by atoms with Crippen LogP contribution in [-0.2, 0) is 12.6 Å². The molecule has 0 saturated heterocycles. The van der Waals surface area contributed by atoms with Gasteiger partial charge in [0, 0.05) is 18.2 Å². The number of halogens is 3. The van der Waals surface area contributed by atoms with Crippen LogP contribution in [0, 0.1) is 0 Å². The van der Waals surface area contributed by atoms with E-state index >= 15 is 0 Å². The summed E-state index contributed by atoms with van der Waals surface area (Å²) in [5.74, 6) is -0.229. The Labute approximate surface area is 77.8 Å². The van der Waals surface area contributed by atoms with Crippen LogP contribution in [0.1, 0.15) is 28.0 Å². The van der Waals surface area contributed by atoms with Crippen LogP contribution in [-0.4, -0.2) is 10.8 Å². The van der Waals surface area contributed by atoms with Crippen molar-refractivity contribution in [2.75, 3.05) is 0 Å². The summed E-state index contributed by atoms with van der Waals surface area (Å²) in [4.78, 5) is 14.4. The fourth-order valence-corrected chi connectivity index (χ4v) is 1.48. The number of hydrogen-bond donors (Lipinski definition) is 0. The van der Waals surface area contributed by atoms with Gasteiger partial charge in [-0.15, -0.1) is 0 Å². The van der Waals surface area contributed by atoms with E-state index in [4.69, 9.17) is 0 Å². The molecule has 0 aliphatic heterocycles. The van der Waals surface area contributed by atoms with Crippen molar-refractivity contribution >= 4 is 5.78 Å². The Morgan fingerprint density at radius 1 is 1.29 bits per heavy atom. The van der Waals surface area contributed by atoms with Crippen molar-refractivity contribution in [2.24, 2.45) is 0 Å². The van der Waals surface area contributed by atoms with Gasteiger partial charge in [0.2, 0.25) is 0 Å². The summed E-state index contributed by atoms with van der Waals surface area (Å²) < 4.78 is 36.6. The van der Waals surface area contributed by atoms with Gasteiger partial charge in [-0.3, -0.25) is 9.78 Å². The maximum absolute atomic E-state index is 12.2. The van der Waals surface area contributed by atoms with Gasteiger partial charge in [-0.1, -0.05) is 0 Å². The van der Waals surface area contributed by atoms with Crippen LogP contribution in [0.4, 0.5) is 13.2 Å². The van der Waals surface area contributed by atoms with Crippen molar-refractivity contribution < 1.29 is 18.0 Å². The predicted octanol–water partition coefficient (Wildman–Crippen LogP) is 2.23. The van der Waals surface area contributed by atoms with Gasteiger partial charge in [-0.25, -0.2) is 0 Å². The van der Waals surface area contributed by atoms with E-state index in [1.54, 1.807) is 0 Å². The maximum Gasteiger partial charge on any atom is 0.433 e. The Morgan fingerprint density at radius 3 is 2.64 bits per heavy atom. The minimum atomic E-state index is -4.47. The molecular formula is C9H6F3NO. The average molecular weight is 201 g/mol. The third kappa shape index (κ3) is 1.38. The largest absolute Gasteiger partial charge is 0.433 e. The predicted molar refractivity (Wildman–Crippen MR) is 41.9 cm³/mol. The summed E-state index contributed by atoms with van der Waals surface area (Å²) in [5, 5.41) is 0. The number of carbonyl (C=O) groups is 1. The molecule has 1 aromatic heterocycles. The van der Waals surface area contributed by atoms with Crippen LogP contribution in [0.2, 0.25) is 0 Å².